The van der Waals surface area contributed by atoms with Crippen molar-refractivity contribution >= 4 is 23.0 Å². The van der Waals surface area contributed by atoms with Crippen LogP contribution in [-0.4, -0.2) is 51.9 Å². The maximum atomic E-state index is 13.7. The average Bonchev–Trinajstić information content (AvgIpc) is 3.33. The van der Waals surface area contributed by atoms with Gasteiger partial charge in [-0.05, 0) is 31.0 Å². The molecule has 0 aliphatic carbocycles. The van der Waals surface area contributed by atoms with Crippen LogP contribution in [0.4, 0.5) is 0 Å². The zero-order chi connectivity index (χ0) is 22.7. The molecule has 1 aliphatic rings. The number of hydrogen-bond donors (Lipinski definition) is 1. The fraction of sp³-hybridized carbons (Fsp3) is 0.250. The number of aliphatic hydroxyl groups excluding tert-OH is 1. The number of hydrogen-bond acceptors (Lipinski definition) is 7. The van der Waals surface area contributed by atoms with Crippen LogP contribution in [0.25, 0.3) is 10.6 Å². The van der Waals surface area contributed by atoms with Crippen molar-refractivity contribution in [3.63, 3.8) is 0 Å². The van der Waals surface area contributed by atoms with Gasteiger partial charge in [0, 0.05) is 38.2 Å². The van der Waals surface area contributed by atoms with Crippen LogP contribution in [-0.2, 0) is 9.53 Å². The van der Waals surface area contributed by atoms with Gasteiger partial charge in [-0.1, -0.05) is 30.3 Å². The number of aliphatic hydroxyl groups is 1. The van der Waals surface area contributed by atoms with Crippen molar-refractivity contribution in [3.05, 3.63) is 82.3 Å². The predicted molar refractivity (Wildman–Crippen MR) is 121 cm³/mol. The number of thiazole rings is 1. The summed E-state index contributed by atoms with van der Waals surface area (Å²) >= 11 is 1.26. The van der Waals surface area contributed by atoms with Crippen LogP contribution in [0.1, 0.15) is 33.4 Å². The zero-order valence-corrected chi connectivity index (χ0v) is 18.6. The van der Waals surface area contributed by atoms with E-state index in [0.29, 0.717) is 40.7 Å². The van der Waals surface area contributed by atoms with Gasteiger partial charge in [0.1, 0.15) is 5.01 Å². The van der Waals surface area contributed by atoms with Crippen LogP contribution in [0.15, 0.2) is 66.2 Å². The molecular weight excluding hydrogens is 426 g/mol. The molecule has 7 nitrogen and oxygen atoms in total. The number of aryl methyl sites for hydroxylation is 1. The molecule has 1 atom stereocenters. The van der Waals surface area contributed by atoms with Crippen LogP contribution < -0.4 is 0 Å². The lowest BCUT2D eigenvalue weighted by Crippen LogP contribution is -2.32. The fourth-order valence-corrected chi connectivity index (χ4v) is 4.85. The molecule has 164 valence electrons. The van der Waals surface area contributed by atoms with Gasteiger partial charge in [-0.2, -0.15) is 0 Å². The lowest BCUT2D eigenvalue weighted by molar-refractivity contribution is -0.129. The number of ether oxygens (including phenoxy) is 1. The quantitative estimate of drug-likeness (QED) is 0.411. The molecule has 8 heteroatoms. The molecule has 1 unspecified atom stereocenters. The highest BCUT2D eigenvalue weighted by molar-refractivity contribution is 7.17. The highest BCUT2D eigenvalue weighted by Crippen LogP contribution is 2.40. The van der Waals surface area contributed by atoms with Crippen LogP contribution >= 0.6 is 11.3 Å². The Morgan fingerprint density at radius 2 is 1.91 bits per heavy atom. The van der Waals surface area contributed by atoms with Gasteiger partial charge in [0.2, 0.25) is 5.78 Å². The van der Waals surface area contributed by atoms with Crippen molar-refractivity contribution in [2.75, 3.05) is 20.3 Å². The second kappa shape index (κ2) is 9.42. The minimum absolute atomic E-state index is 0.0741. The summed E-state index contributed by atoms with van der Waals surface area (Å²) in [4.78, 5) is 37.1. The first-order valence-electron chi connectivity index (χ1n) is 10.2. The number of aromatic nitrogens is 2. The third-order valence-electron chi connectivity index (χ3n) is 5.34. The normalized spacial score (nSPS) is 16.1. The van der Waals surface area contributed by atoms with E-state index in [1.54, 1.807) is 38.6 Å². The SMILES string of the molecule is COCCCN1C(=O)C(O)=C(C(=O)c2sc(-c3ccccc3)nc2C)C1c1ccncc1. The number of carbonyl (C=O) groups is 2. The van der Waals surface area contributed by atoms with Gasteiger partial charge in [-0.25, -0.2) is 4.98 Å². The molecule has 1 aromatic carbocycles. The van der Waals surface area contributed by atoms with Crippen molar-refractivity contribution in [3.8, 4) is 10.6 Å². The number of amides is 1. The van der Waals surface area contributed by atoms with Crippen molar-refractivity contribution in [1.82, 2.24) is 14.9 Å². The molecule has 3 heterocycles. The highest BCUT2D eigenvalue weighted by Gasteiger charge is 2.44. The van der Waals surface area contributed by atoms with E-state index in [4.69, 9.17) is 4.74 Å². The van der Waals surface area contributed by atoms with Gasteiger partial charge in [0.25, 0.3) is 5.91 Å². The molecule has 0 bridgehead atoms. The minimum atomic E-state index is -0.698. The van der Waals surface area contributed by atoms with Crippen LogP contribution in [0.2, 0.25) is 0 Å². The topological polar surface area (TPSA) is 92.6 Å². The number of carbonyl (C=O) groups excluding carboxylic acids is 2. The Balaban J connectivity index is 1.74. The number of rotatable bonds is 8. The van der Waals surface area contributed by atoms with E-state index in [1.807, 2.05) is 30.3 Å². The molecule has 3 aromatic rings. The minimum Gasteiger partial charge on any atom is -0.503 e. The maximum absolute atomic E-state index is 13.7. The number of ketones is 1. The number of methoxy groups -OCH3 is 1. The molecule has 0 fully saturated rings. The fourth-order valence-electron chi connectivity index (χ4n) is 3.82. The summed E-state index contributed by atoms with van der Waals surface area (Å²) in [5.41, 5.74) is 2.26. The van der Waals surface area contributed by atoms with Gasteiger partial charge in [-0.3, -0.25) is 14.6 Å². The van der Waals surface area contributed by atoms with Gasteiger partial charge >= 0.3 is 0 Å². The van der Waals surface area contributed by atoms with E-state index in [-0.39, 0.29) is 11.4 Å². The lowest BCUT2D eigenvalue weighted by atomic mass is 9.95. The van der Waals surface area contributed by atoms with E-state index in [0.717, 1.165) is 5.56 Å². The van der Waals surface area contributed by atoms with Crippen LogP contribution in [0.3, 0.4) is 0 Å². The maximum Gasteiger partial charge on any atom is 0.290 e. The third kappa shape index (κ3) is 4.06. The molecule has 4 rings (SSSR count). The first-order valence-corrected chi connectivity index (χ1v) is 11.0. The summed E-state index contributed by atoms with van der Waals surface area (Å²) in [6.07, 6.45) is 3.79. The molecule has 1 aliphatic heterocycles. The van der Waals surface area contributed by atoms with Crippen molar-refractivity contribution in [2.24, 2.45) is 0 Å². The summed E-state index contributed by atoms with van der Waals surface area (Å²) in [5.74, 6) is -1.45. The van der Waals surface area contributed by atoms with Crippen molar-refractivity contribution in [1.29, 1.82) is 0 Å². The Morgan fingerprint density at radius 1 is 1.19 bits per heavy atom. The Kier molecular flexibility index (Phi) is 6.43. The first kappa shape index (κ1) is 21.9. The van der Waals surface area contributed by atoms with Gasteiger partial charge in [-0.15, -0.1) is 11.3 Å². The summed E-state index contributed by atoms with van der Waals surface area (Å²) < 4.78 is 5.11. The molecule has 0 saturated heterocycles. The summed E-state index contributed by atoms with van der Waals surface area (Å²) in [5, 5.41) is 11.5. The Hall–Kier alpha value is -3.36. The molecule has 0 saturated carbocycles. The number of Topliss-reactive ketones (excluding diaryl/α,β-unsaturated/α-hetero) is 1. The molecule has 1 N–H and O–H groups in total. The second-order valence-corrected chi connectivity index (χ2v) is 8.42. The summed E-state index contributed by atoms with van der Waals surface area (Å²) in [7, 11) is 1.59. The standard InChI is InChI=1S/C24H23N3O4S/c1-15-22(32-23(26-15)17-7-4-3-5-8-17)20(28)18-19(16-9-11-25-12-10-16)27(13-6-14-31-2)24(30)21(18)29/h3-5,7-12,19,29H,6,13-14H2,1-2H3. The Morgan fingerprint density at radius 3 is 2.59 bits per heavy atom. The third-order valence-corrected chi connectivity index (χ3v) is 6.55. The molecule has 32 heavy (non-hydrogen) atoms. The van der Waals surface area contributed by atoms with Crippen LogP contribution in [0, 0.1) is 6.92 Å². The first-order chi connectivity index (χ1) is 15.5. The van der Waals surface area contributed by atoms with E-state index < -0.39 is 17.7 Å². The average molecular weight is 450 g/mol. The molecule has 0 spiro atoms. The number of pyridine rings is 1. The predicted octanol–water partition coefficient (Wildman–Crippen LogP) is 4.13. The lowest BCUT2D eigenvalue weighted by Gasteiger charge is -2.26. The molecule has 2 aromatic heterocycles. The molecule has 0 radical (unpaired) electrons. The smallest absolute Gasteiger partial charge is 0.290 e. The van der Waals surface area contributed by atoms with Crippen LogP contribution in [0.5, 0.6) is 0 Å². The van der Waals surface area contributed by atoms with Gasteiger partial charge in [0.15, 0.2) is 5.76 Å². The Bertz CT molecular complexity index is 1160. The molecular formula is C24H23N3O4S. The highest BCUT2D eigenvalue weighted by atomic mass is 32.1. The summed E-state index contributed by atoms with van der Waals surface area (Å²) in [6.45, 7) is 2.57. The summed E-state index contributed by atoms with van der Waals surface area (Å²) in [6, 6.07) is 12.4. The molecule has 1 amide bonds. The number of nitrogens with zero attached hydrogens (tertiary/aromatic N) is 3. The zero-order valence-electron chi connectivity index (χ0n) is 17.8. The van der Waals surface area contributed by atoms with Gasteiger partial charge < -0.3 is 14.7 Å². The number of benzene rings is 1. The van der Waals surface area contributed by atoms with Crippen molar-refractivity contribution in [2.45, 2.75) is 19.4 Å². The second-order valence-electron chi connectivity index (χ2n) is 7.42. The van der Waals surface area contributed by atoms with Gasteiger partial charge in [0.05, 0.1) is 22.2 Å². The van der Waals surface area contributed by atoms with E-state index >= 15 is 0 Å². The van der Waals surface area contributed by atoms with E-state index in [2.05, 4.69) is 9.97 Å². The van der Waals surface area contributed by atoms with E-state index in [1.165, 1.54) is 16.2 Å². The van der Waals surface area contributed by atoms with Crippen molar-refractivity contribution < 1.29 is 19.4 Å². The van der Waals surface area contributed by atoms with E-state index in [9.17, 15) is 14.7 Å². The monoisotopic (exact) mass is 449 g/mol. The Labute approximate surface area is 190 Å². The largest absolute Gasteiger partial charge is 0.503 e.